The van der Waals surface area contributed by atoms with Crippen molar-refractivity contribution in [2.24, 2.45) is 0 Å². The molecule has 18 nitrogen and oxygen atoms in total. The van der Waals surface area contributed by atoms with Crippen molar-refractivity contribution < 1.29 is 29.5 Å². The molecule has 18 heteroatoms. The number of nitrogens with zero attached hydrogens (tertiary/aromatic N) is 6. The summed E-state index contributed by atoms with van der Waals surface area (Å²) in [5.41, 5.74) is -9.14. The van der Waals surface area contributed by atoms with Crippen molar-refractivity contribution in [1.29, 1.82) is 0 Å². The lowest BCUT2D eigenvalue weighted by Crippen LogP contribution is -2.09. The fourth-order valence-electron chi connectivity index (χ4n) is 2.98. The number of benzene rings is 2. The molecule has 0 amide bonds. The molecular weight excluding hydrogens is 444 g/mol. The number of nitro benzene ring substituents is 6. The number of nitro groups is 6. The summed E-state index contributed by atoms with van der Waals surface area (Å²) in [4.78, 5) is 60.8. The van der Waals surface area contributed by atoms with Crippen LogP contribution in [0.15, 0.2) is 18.2 Å². The molecule has 2 aromatic rings. The van der Waals surface area contributed by atoms with Gasteiger partial charge in [0.2, 0.25) is 0 Å². The molecule has 0 spiro atoms. The van der Waals surface area contributed by atoms with E-state index in [0.29, 0.717) is 18.2 Å². The predicted octanol–water partition coefficient (Wildman–Crippen LogP) is 3.04. The van der Waals surface area contributed by atoms with Crippen molar-refractivity contribution in [3.05, 3.63) is 95.6 Å². The Balaban J connectivity index is 3.00. The summed E-state index contributed by atoms with van der Waals surface area (Å²) < 4.78 is 0. The summed E-state index contributed by atoms with van der Waals surface area (Å²) in [5.74, 6) is 0. The molecular formula is C14H8N6O12. The molecule has 0 saturated carbocycles. The van der Waals surface area contributed by atoms with Gasteiger partial charge in [0, 0.05) is 6.42 Å². The zero-order valence-corrected chi connectivity index (χ0v) is 15.5. The monoisotopic (exact) mass is 452 g/mol. The van der Waals surface area contributed by atoms with E-state index in [9.17, 15) is 60.7 Å². The van der Waals surface area contributed by atoms with Gasteiger partial charge in [-0.05, 0) is 6.92 Å². The zero-order valence-electron chi connectivity index (χ0n) is 15.5. The van der Waals surface area contributed by atoms with Gasteiger partial charge in [0.1, 0.15) is 16.7 Å². The Kier molecular flexibility index (Phi) is 5.99. The molecule has 0 atom stereocenters. The first-order valence-electron chi connectivity index (χ1n) is 7.97. The van der Waals surface area contributed by atoms with Crippen molar-refractivity contribution in [2.75, 3.05) is 0 Å². The van der Waals surface area contributed by atoms with E-state index in [0.717, 1.165) is 6.92 Å². The van der Waals surface area contributed by atoms with Gasteiger partial charge in [-0.15, -0.1) is 0 Å². The van der Waals surface area contributed by atoms with Gasteiger partial charge in [0.25, 0.3) is 34.1 Å². The van der Waals surface area contributed by atoms with Crippen LogP contribution in [0.2, 0.25) is 0 Å². The largest absolute Gasteiger partial charge is 0.289 e. The number of hydrogen-bond donors (Lipinski definition) is 0. The van der Waals surface area contributed by atoms with Crippen LogP contribution in [-0.2, 0) is 6.42 Å². The van der Waals surface area contributed by atoms with Crippen molar-refractivity contribution in [3.8, 4) is 0 Å². The second-order valence-corrected chi connectivity index (χ2v) is 6.05. The van der Waals surface area contributed by atoms with Crippen LogP contribution in [0.25, 0.3) is 0 Å². The Labute approximate surface area is 173 Å². The van der Waals surface area contributed by atoms with Gasteiger partial charge in [-0.1, -0.05) is 0 Å². The first-order valence-corrected chi connectivity index (χ1v) is 7.97. The van der Waals surface area contributed by atoms with Crippen LogP contribution >= 0.6 is 0 Å². The Bertz CT molecular complexity index is 1200. The molecule has 0 bridgehead atoms. The van der Waals surface area contributed by atoms with Gasteiger partial charge in [0.15, 0.2) is 0 Å². The minimum atomic E-state index is -1.23. The summed E-state index contributed by atoms with van der Waals surface area (Å²) in [6.45, 7) is 0.905. The molecule has 0 fully saturated rings. The van der Waals surface area contributed by atoms with Gasteiger partial charge >= 0.3 is 0 Å². The van der Waals surface area contributed by atoms with E-state index >= 15 is 0 Å². The van der Waals surface area contributed by atoms with Gasteiger partial charge in [0.05, 0.1) is 47.7 Å². The van der Waals surface area contributed by atoms with E-state index in [1.807, 2.05) is 0 Å². The molecule has 0 aliphatic carbocycles. The van der Waals surface area contributed by atoms with Gasteiger partial charge < -0.3 is 0 Å². The fraction of sp³-hybridized carbons (Fsp3) is 0.143. The maximum atomic E-state index is 11.6. The first-order chi connectivity index (χ1) is 14.8. The molecule has 0 aliphatic rings. The van der Waals surface area contributed by atoms with Crippen molar-refractivity contribution in [1.82, 2.24) is 0 Å². The van der Waals surface area contributed by atoms with Crippen LogP contribution in [0.5, 0.6) is 0 Å². The van der Waals surface area contributed by atoms with Crippen LogP contribution in [0, 0.1) is 67.6 Å². The van der Waals surface area contributed by atoms with Crippen molar-refractivity contribution in [2.45, 2.75) is 13.3 Å². The molecule has 0 aromatic heterocycles. The molecule has 0 saturated heterocycles. The Morgan fingerprint density at radius 2 is 0.969 bits per heavy atom. The van der Waals surface area contributed by atoms with Crippen LogP contribution in [0.4, 0.5) is 34.1 Å². The van der Waals surface area contributed by atoms with Crippen molar-refractivity contribution >= 4 is 34.1 Å². The third-order valence-electron chi connectivity index (χ3n) is 4.33. The van der Waals surface area contributed by atoms with E-state index in [1.54, 1.807) is 0 Å². The summed E-state index contributed by atoms with van der Waals surface area (Å²) in [6, 6.07) is 1.11. The Morgan fingerprint density at radius 1 is 0.562 bits per heavy atom. The molecule has 0 radical (unpaired) electrons. The highest BCUT2D eigenvalue weighted by atomic mass is 16.6. The van der Waals surface area contributed by atoms with Crippen molar-refractivity contribution in [3.63, 3.8) is 0 Å². The van der Waals surface area contributed by atoms with Crippen LogP contribution in [0.1, 0.15) is 16.7 Å². The Hall–Kier alpha value is -5.16. The normalized spacial score (nSPS) is 10.4. The third-order valence-corrected chi connectivity index (χ3v) is 4.33. The average Bonchev–Trinajstić information content (AvgIpc) is 2.66. The smallest absolute Gasteiger partial charge is 0.258 e. The molecule has 32 heavy (non-hydrogen) atoms. The van der Waals surface area contributed by atoms with Gasteiger partial charge in [-0.25, -0.2) is 0 Å². The average molecular weight is 452 g/mol. The van der Waals surface area contributed by atoms with E-state index in [-0.39, 0.29) is 0 Å². The number of rotatable bonds is 8. The third kappa shape index (κ3) is 4.08. The SMILES string of the molecule is Cc1c([N+](=O)[O-])cc([N+](=O)[O-])c(Cc2c([N+](=O)[O-])cc([N+](=O)[O-])cc2[N+](=O)[O-])c1[N+](=O)[O-]. The number of hydrogen-bond acceptors (Lipinski definition) is 12. The highest BCUT2D eigenvalue weighted by Gasteiger charge is 2.38. The lowest BCUT2D eigenvalue weighted by molar-refractivity contribution is -0.405. The number of non-ortho nitro benzene ring substituents is 1. The van der Waals surface area contributed by atoms with E-state index in [1.165, 1.54) is 0 Å². The fourth-order valence-corrected chi connectivity index (χ4v) is 2.98. The Morgan fingerprint density at radius 3 is 1.31 bits per heavy atom. The first kappa shape index (κ1) is 23.1. The molecule has 0 aliphatic heterocycles. The van der Waals surface area contributed by atoms with E-state index in [2.05, 4.69) is 0 Å². The second-order valence-electron chi connectivity index (χ2n) is 6.05. The molecule has 0 N–H and O–H groups in total. The molecule has 2 aromatic carbocycles. The second kappa shape index (κ2) is 8.30. The maximum absolute atomic E-state index is 11.6. The molecule has 0 unspecified atom stereocenters. The lowest BCUT2D eigenvalue weighted by atomic mass is 9.95. The minimum Gasteiger partial charge on any atom is -0.258 e. The summed E-state index contributed by atoms with van der Waals surface area (Å²) in [5, 5.41) is 68.0. The predicted molar refractivity (Wildman–Crippen MR) is 100 cm³/mol. The quantitative estimate of drug-likeness (QED) is 0.413. The molecule has 0 heterocycles. The molecule has 166 valence electrons. The highest BCUT2D eigenvalue weighted by Crippen LogP contribution is 2.42. The van der Waals surface area contributed by atoms with Crippen LogP contribution < -0.4 is 0 Å². The lowest BCUT2D eigenvalue weighted by Gasteiger charge is -2.09. The maximum Gasteiger partial charge on any atom is 0.289 e. The standard InChI is InChI=1S/C14H8N6O12/c1-6-10(16(23)24)5-13(19(29)30)9(14(6)20(31)32)4-8-11(17(25)26)2-7(15(21)22)3-12(8)18(27)28/h2-3,5H,4H2,1H3. The summed E-state index contributed by atoms with van der Waals surface area (Å²) in [6.07, 6.45) is -1.16. The summed E-state index contributed by atoms with van der Waals surface area (Å²) >= 11 is 0. The van der Waals surface area contributed by atoms with Gasteiger partial charge in [-0.3, -0.25) is 60.7 Å². The zero-order chi connectivity index (χ0) is 24.5. The van der Waals surface area contributed by atoms with E-state index < -0.39 is 86.8 Å². The minimum absolute atomic E-state index is 0.359. The topological polar surface area (TPSA) is 259 Å². The highest BCUT2D eigenvalue weighted by molar-refractivity contribution is 5.70. The van der Waals surface area contributed by atoms with E-state index in [4.69, 9.17) is 0 Å². The van der Waals surface area contributed by atoms with Crippen LogP contribution in [0.3, 0.4) is 0 Å². The summed E-state index contributed by atoms with van der Waals surface area (Å²) in [7, 11) is 0. The van der Waals surface area contributed by atoms with Crippen LogP contribution in [-0.4, -0.2) is 29.5 Å². The molecule has 2 rings (SSSR count). The van der Waals surface area contributed by atoms with Gasteiger partial charge in [-0.2, -0.15) is 0 Å².